The highest BCUT2D eigenvalue weighted by molar-refractivity contribution is 5.90. The van der Waals surface area contributed by atoms with E-state index >= 15 is 0 Å². The third kappa shape index (κ3) is 3.82. The van der Waals surface area contributed by atoms with Crippen molar-refractivity contribution in [1.29, 1.82) is 0 Å². The molecule has 7 heteroatoms. The predicted octanol–water partition coefficient (Wildman–Crippen LogP) is 2.52. The maximum atomic E-state index is 12.5. The fourth-order valence-electron chi connectivity index (χ4n) is 3.52. The Balaban J connectivity index is 1.77. The van der Waals surface area contributed by atoms with Crippen molar-refractivity contribution in [3.05, 3.63) is 17.1 Å². The number of anilines is 1. The topological polar surface area (TPSA) is 80.5 Å². The Morgan fingerprint density at radius 3 is 2.92 bits per heavy atom. The van der Waals surface area contributed by atoms with E-state index in [0.29, 0.717) is 31.2 Å². The first kappa shape index (κ1) is 18.6. The smallest absolute Gasteiger partial charge is 0.231 e. The fourth-order valence-corrected chi connectivity index (χ4v) is 3.52. The molecule has 142 valence electrons. The normalized spacial score (nSPS) is 17.7. The molecule has 3 heterocycles. The molecule has 0 aliphatic carbocycles. The highest BCUT2D eigenvalue weighted by Crippen LogP contribution is 2.33. The fraction of sp³-hybridized carbons (Fsp3) is 0.632. The van der Waals surface area contributed by atoms with Crippen LogP contribution in [-0.4, -0.2) is 49.2 Å². The molecular formula is C19H28N4O3. The lowest BCUT2D eigenvalue weighted by Gasteiger charge is -2.33. The number of piperidine rings is 1. The molecule has 0 bridgehead atoms. The minimum atomic E-state index is -0.0232. The first-order valence-corrected chi connectivity index (χ1v) is 9.27. The summed E-state index contributed by atoms with van der Waals surface area (Å²) in [6.07, 6.45) is 2.71. The zero-order chi connectivity index (χ0) is 18.7. The van der Waals surface area contributed by atoms with E-state index < -0.39 is 0 Å². The second-order valence-corrected chi connectivity index (χ2v) is 6.98. The van der Waals surface area contributed by atoms with E-state index in [1.165, 1.54) is 0 Å². The van der Waals surface area contributed by atoms with Crippen LogP contribution in [0.5, 0.6) is 0 Å². The zero-order valence-electron chi connectivity index (χ0n) is 16.1. The Kier molecular flexibility index (Phi) is 5.76. The van der Waals surface area contributed by atoms with Crippen LogP contribution in [0.2, 0.25) is 0 Å². The van der Waals surface area contributed by atoms with Gasteiger partial charge in [-0.25, -0.2) is 4.98 Å². The van der Waals surface area contributed by atoms with Crippen LogP contribution >= 0.6 is 0 Å². The van der Waals surface area contributed by atoms with E-state index in [1.54, 1.807) is 7.11 Å². The van der Waals surface area contributed by atoms with E-state index in [-0.39, 0.29) is 11.8 Å². The molecule has 1 fully saturated rings. The van der Waals surface area contributed by atoms with Gasteiger partial charge in [0, 0.05) is 38.9 Å². The number of furan rings is 1. The summed E-state index contributed by atoms with van der Waals surface area (Å²) in [7, 11) is 1.67. The van der Waals surface area contributed by atoms with Crippen LogP contribution in [0.3, 0.4) is 0 Å². The van der Waals surface area contributed by atoms with Crippen molar-refractivity contribution in [3.8, 4) is 0 Å². The SMILES string of the molecule is COCCCNC(=O)[C@H]1CCCN(c2nc(C)nc3oc(C)c(C)c23)C1. The Morgan fingerprint density at radius 1 is 1.35 bits per heavy atom. The van der Waals surface area contributed by atoms with E-state index in [4.69, 9.17) is 9.15 Å². The highest BCUT2D eigenvalue weighted by atomic mass is 16.5. The Bertz CT molecular complexity index is 787. The van der Waals surface area contributed by atoms with Crippen LogP contribution in [0.15, 0.2) is 4.42 Å². The van der Waals surface area contributed by atoms with Crippen LogP contribution in [0.4, 0.5) is 5.82 Å². The quantitative estimate of drug-likeness (QED) is 0.797. The summed E-state index contributed by atoms with van der Waals surface area (Å²) >= 11 is 0. The van der Waals surface area contributed by atoms with Gasteiger partial charge in [0.05, 0.1) is 11.3 Å². The van der Waals surface area contributed by atoms with Gasteiger partial charge in [0.1, 0.15) is 17.4 Å². The number of aryl methyl sites for hydroxylation is 3. The number of amides is 1. The van der Waals surface area contributed by atoms with E-state index in [0.717, 1.165) is 48.3 Å². The van der Waals surface area contributed by atoms with Crippen LogP contribution < -0.4 is 10.2 Å². The van der Waals surface area contributed by atoms with Crippen LogP contribution in [0.1, 0.15) is 36.4 Å². The number of hydrogen-bond donors (Lipinski definition) is 1. The molecule has 0 saturated carbocycles. The van der Waals surface area contributed by atoms with Crippen molar-refractivity contribution >= 4 is 22.8 Å². The van der Waals surface area contributed by atoms with Crippen molar-refractivity contribution in [2.45, 2.75) is 40.0 Å². The number of hydrogen-bond acceptors (Lipinski definition) is 6. The van der Waals surface area contributed by atoms with Crippen molar-refractivity contribution in [1.82, 2.24) is 15.3 Å². The lowest BCUT2D eigenvalue weighted by Crippen LogP contribution is -2.43. The van der Waals surface area contributed by atoms with Gasteiger partial charge in [-0.2, -0.15) is 4.98 Å². The van der Waals surface area contributed by atoms with Gasteiger partial charge in [-0.1, -0.05) is 0 Å². The molecular weight excluding hydrogens is 332 g/mol. The van der Waals surface area contributed by atoms with Crippen LogP contribution in [0, 0.1) is 26.7 Å². The molecule has 2 aromatic heterocycles. The molecule has 2 aromatic rings. The first-order valence-electron chi connectivity index (χ1n) is 9.27. The molecule has 3 rings (SSSR count). The van der Waals surface area contributed by atoms with Gasteiger partial charge >= 0.3 is 0 Å². The summed E-state index contributed by atoms with van der Waals surface area (Å²) in [5.41, 5.74) is 1.70. The van der Waals surface area contributed by atoms with Gasteiger partial charge in [-0.05, 0) is 40.0 Å². The minimum Gasteiger partial charge on any atom is -0.443 e. The second kappa shape index (κ2) is 8.03. The number of fused-ring (bicyclic) bond motifs is 1. The molecule has 1 atom stereocenters. The molecule has 0 unspecified atom stereocenters. The van der Waals surface area contributed by atoms with Crippen molar-refractivity contribution in [2.24, 2.45) is 5.92 Å². The molecule has 0 aromatic carbocycles. The van der Waals surface area contributed by atoms with Gasteiger partial charge in [-0.3, -0.25) is 4.79 Å². The number of ether oxygens (including phenoxy) is 1. The minimum absolute atomic E-state index is 0.0232. The largest absolute Gasteiger partial charge is 0.443 e. The van der Waals surface area contributed by atoms with Gasteiger partial charge < -0.3 is 19.4 Å². The third-order valence-electron chi connectivity index (χ3n) is 5.04. The van der Waals surface area contributed by atoms with Gasteiger partial charge in [-0.15, -0.1) is 0 Å². The standard InChI is InChI=1S/C19H28N4O3/c1-12-13(2)26-19-16(12)17(21-14(3)22-19)23-9-5-7-15(11-23)18(24)20-8-6-10-25-4/h15H,5-11H2,1-4H3,(H,20,24)/t15-/m0/s1. The monoisotopic (exact) mass is 360 g/mol. The van der Waals surface area contributed by atoms with Gasteiger partial charge in [0.2, 0.25) is 11.6 Å². The second-order valence-electron chi connectivity index (χ2n) is 6.98. The molecule has 0 radical (unpaired) electrons. The van der Waals surface area contributed by atoms with E-state index in [9.17, 15) is 4.79 Å². The summed E-state index contributed by atoms with van der Waals surface area (Å²) in [5, 5.41) is 3.99. The summed E-state index contributed by atoms with van der Waals surface area (Å²) < 4.78 is 10.8. The number of carbonyl (C=O) groups excluding carboxylic acids is 1. The summed E-state index contributed by atoms with van der Waals surface area (Å²) in [6.45, 7) is 8.73. The van der Waals surface area contributed by atoms with Crippen LogP contribution in [0.25, 0.3) is 11.1 Å². The first-order chi connectivity index (χ1) is 12.5. The Labute approximate surface area is 154 Å². The van der Waals surface area contributed by atoms with Crippen molar-refractivity contribution < 1.29 is 13.9 Å². The molecule has 26 heavy (non-hydrogen) atoms. The van der Waals surface area contributed by atoms with Crippen molar-refractivity contribution in [3.63, 3.8) is 0 Å². The number of nitrogens with zero attached hydrogens (tertiary/aromatic N) is 3. The molecule has 1 amide bonds. The highest BCUT2D eigenvalue weighted by Gasteiger charge is 2.28. The number of aromatic nitrogens is 2. The zero-order valence-corrected chi connectivity index (χ0v) is 16.1. The number of rotatable bonds is 6. The predicted molar refractivity (Wildman–Crippen MR) is 100 cm³/mol. The van der Waals surface area contributed by atoms with E-state index in [1.807, 2.05) is 20.8 Å². The maximum Gasteiger partial charge on any atom is 0.231 e. The number of nitrogens with one attached hydrogen (secondary N) is 1. The molecule has 1 aliphatic heterocycles. The summed E-state index contributed by atoms with van der Waals surface area (Å²) in [4.78, 5) is 23.8. The van der Waals surface area contributed by atoms with Gasteiger partial charge in [0.15, 0.2) is 0 Å². The molecule has 7 nitrogen and oxygen atoms in total. The Morgan fingerprint density at radius 2 is 2.15 bits per heavy atom. The molecule has 1 saturated heterocycles. The summed E-state index contributed by atoms with van der Waals surface area (Å²) in [5.74, 6) is 2.54. The summed E-state index contributed by atoms with van der Waals surface area (Å²) in [6, 6.07) is 0. The van der Waals surface area contributed by atoms with Crippen LogP contribution in [-0.2, 0) is 9.53 Å². The lowest BCUT2D eigenvalue weighted by molar-refractivity contribution is -0.125. The maximum absolute atomic E-state index is 12.5. The molecule has 1 aliphatic rings. The van der Waals surface area contributed by atoms with Crippen molar-refractivity contribution in [2.75, 3.05) is 38.3 Å². The average Bonchev–Trinajstić information content (AvgIpc) is 2.92. The number of methoxy groups -OCH3 is 1. The molecule has 1 N–H and O–H groups in total. The van der Waals surface area contributed by atoms with E-state index in [2.05, 4.69) is 20.2 Å². The van der Waals surface area contributed by atoms with Gasteiger partial charge in [0.25, 0.3) is 0 Å². The lowest BCUT2D eigenvalue weighted by atomic mass is 9.96. The average molecular weight is 360 g/mol. The third-order valence-corrected chi connectivity index (χ3v) is 5.04. The number of carbonyl (C=O) groups is 1. The molecule has 0 spiro atoms. The Hall–Kier alpha value is -2.15.